The van der Waals surface area contributed by atoms with Crippen molar-refractivity contribution in [2.45, 2.75) is 39.8 Å². The van der Waals surface area contributed by atoms with Crippen LogP contribution in [0.2, 0.25) is 5.02 Å². The van der Waals surface area contributed by atoms with Gasteiger partial charge in [-0.25, -0.2) is 8.42 Å². The van der Waals surface area contributed by atoms with Crippen molar-refractivity contribution in [3.8, 4) is 5.75 Å². The van der Waals surface area contributed by atoms with Crippen LogP contribution in [-0.4, -0.2) is 57.1 Å². The zero-order chi connectivity index (χ0) is 25.3. The molecule has 1 N–H and O–H groups in total. The van der Waals surface area contributed by atoms with Crippen LogP contribution >= 0.6 is 11.6 Å². The average Bonchev–Trinajstić information content (AvgIpc) is 2.80. The number of hydrogen-bond acceptors (Lipinski definition) is 5. The Hall–Kier alpha value is -2.78. The molecule has 0 aromatic heterocycles. The molecule has 1 unspecified atom stereocenters. The summed E-state index contributed by atoms with van der Waals surface area (Å²) in [6.07, 6.45) is 1.79. The van der Waals surface area contributed by atoms with E-state index >= 15 is 0 Å². The summed E-state index contributed by atoms with van der Waals surface area (Å²) in [7, 11) is -3.78. The van der Waals surface area contributed by atoms with Crippen LogP contribution in [0.5, 0.6) is 5.75 Å². The van der Waals surface area contributed by atoms with Gasteiger partial charge < -0.3 is 15.0 Å². The third-order valence-corrected chi connectivity index (χ3v) is 6.49. The fraction of sp³-hybridized carbons (Fsp3) is 0.417. The van der Waals surface area contributed by atoms with E-state index in [2.05, 4.69) is 5.32 Å². The van der Waals surface area contributed by atoms with Gasteiger partial charge in [0.15, 0.2) is 0 Å². The van der Waals surface area contributed by atoms with Crippen molar-refractivity contribution < 1.29 is 22.7 Å². The lowest BCUT2D eigenvalue weighted by Gasteiger charge is -2.31. The molecule has 0 saturated heterocycles. The Balaban J connectivity index is 2.33. The molecule has 34 heavy (non-hydrogen) atoms. The van der Waals surface area contributed by atoms with E-state index in [1.807, 2.05) is 13.8 Å². The molecule has 8 nitrogen and oxygen atoms in total. The Bertz CT molecular complexity index is 1060. The van der Waals surface area contributed by atoms with Crippen LogP contribution in [0.4, 0.5) is 5.69 Å². The lowest BCUT2D eigenvalue weighted by molar-refractivity contribution is -0.139. The average molecular weight is 510 g/mol. The minimum Gasteiger partial charge on any atom is -0.494 e. The Morgan fingerprint density at radius 2 is 1.68 bits per heavy atom. The van der Waals surface area contributed by atoms with Gasteiger partial charge in [0.05, 0.1) is 18.6 Å². The zero-order valence-electron chi connectivity index (χ0n) is 20.0. The summed E-state index contributed by atoms with van der Waals surface area (Å²) in [5.74, 6) is -0.221. The lowest BCUT2D eigenvalue weighted by atomic mass is 10.1. The van der Waals surface area contributed by atoms with E-state index < -0.39 is 28.5 Å². The molecule has 2 amide bonds. The number of carbonyl (C=O) groups excluding carboxylic acids is 2. The van der Waals surface area contributed by atoms with Crippen molar-refractivity contribution in [3.05, 3.63) is 59.1 Å². The Kier molecular flexibility index (Phi) is 10.2. The predicted molar refractivity (Wildman–Crippen MR) is 135 cm³/mol. The number of carbonyl (C=O) groups is 2. The van der Waals surface area contributed by atoms with E-state index in [4.69, 9.17) is 16.3 Å². The molecular formula is C24H32ClN3O5S. The number of hydrogen-bond donors (Lipinski definition) is 1. The Labute approximate surface area is 206 Å². The molecule has 1 atom stereocenters. The van der Waals surface area contributed by atoms with Gasteiger partial charge in [0.25, 0.3) is 0 Å². The summed E-state index contributed by atoms with van der Waals surface area (Å²) in [6.45, 7) is 6.04. The van der Waals surface area contributed by atoms with Crippen molar-refractivity contribution in [2.24, 2.45) is 0 Å². The first-order valence-electron chi connectivity index (χ1n) is 11.1. The minimum absolute atomic E-state index is 0.123. The van der Waals surface area contributed by atoms with Crippen LogP contribution in [0, 0.1) is 0 Å². The van der Waals surface area contributed by atoms with Crippen LogP contribution in [0.25, 0.3) is 0 Å². The number of nitrogens with zero attached hydrogens (tertiary/aromatic N) is 2. The van der Waals surface area contributed by atoms with Gasteiger partial charge in [0.2, 0.25) is 21.8 Å². The first kappa shape index (κ1) is 27.5. The number of amides is 2. The summed E-state index contributed by atoms with van der Waals surface area (Å²) in [5.41, 5.74) is 1.09. The predicted octanol–water partition coefficient (Wildman–Crippen LogP) is 3.45. The molecule has 0 radical (unpaired) electrons. The largest absolute Gasteiger partial charge is 0.494 e. The number of sulfonamides is 1. The van der Waals surface area contributed by atoms with Crippen LogP contribution in [-0.2, 0) is 26.2 Å². The van der Waals surface area contributed by atoms with E-state index in [-0.39, 0.29) is 12.5 Å². The monoisotopic (exact) mass is 509 g/mol. The third-order valence-electron chi connectivity index (χ3n) is 5.10. The topological polar surface area (TPSA) is 96.0 Å². The first-order chi connectivity index (χ1) is 16.1. The SMILES string of the molecule is CCCNC(=O)C(C)N(Cc1ccc(Cl)cc1)C(=O)CN(c1ccc(OCC)cc1)S(C)(=O)=O. The molecular weight excluding hydrogens is 478 g/mol. The second-order valence-corrected chi connectivity index (χ2v) is 10.2. The number of ether oxygens (including phenoxy) is 1. The summed E-state index contributed by atoms with van der Waals surface area (Å²) >= 11 is 5.97. The van der Waals surface area contributed by atoms with E-state index in [9.17, 15) is 18.0 Å². The molecule has 0 saturated carbocycles. The van der Waals surface area contributed by atoms with E-state index in [0.29, 0.717) is 29.6 Å². The number of anilines is 1. The van der Waals surface area contributed by atoms with E-state index in [1.54, 1.807) is 55.5 Å². The van der Waals surface area contributed by atoms with Crippen molar-refractivity contribution >= 4 is 39.1 Å². The second-order valence-electron chi connectivity index (χ2n) is 7.81. The molecule has 2 aromatic carbocycles. The highest BCUT2D eigenvalue weighted by atomic mass is 35.5. The molecule has 0 fully saturated rings. The van der Waals surface area contributed by atoms with E-state index in [1.165, 1.54) is 4.90 Å². The molecule has 0 heterocycles. The normalized spacial score (nSPS) is 12.0. The van der Waals surface area contributed by atoms with Gasteiger partial charge in [-0.3, -0.25) is 13.9 Å². The highest BCUT2D eigenvalue weighted by Crippen LogP contribution is 2.22. The first-order valence-corrected chi connectivity index (χ1v) is 13.3. The maximum Gasteiger partial charge on any atom is 0.244 e. The molecule has 2 rings (SSSR count). The Morgan fingerprint density at radius 1 is 1.06 bits per heavy atom. The fourth-order valence-corrected chi connectivity index (χ4v) is 4.23. The van der Waals surface area contributed by atoms with Crippen molar-refractivity contribution in [1.82, 2.24) is 10.2 Å². The smallest absolute Gasteiger partial charge is 0.244 e. The lowest BCUT2D eigenvalue weighted by Crippen LogP contribution is -2.51. The van der Waals surface area contributed by atoms with Gasteiger partial charge in [-0.1, -0.05) is 30.7 Å². The minimum atomic E-state index is -3.78. The van der Waals surface area contributed by atoms with E-state index in [0.717, 1.165) is 22.5 Å². The van der Waals surface area contributed by atoms with Crippen molar-refractivity contribution in [2.75, 3.05) is 30.3 Å². The maximum absolute atomic E-state index is 13.4. The number of nitrogens with one attached hydrogen (secondary N) is 1. The molecule has 0 bridgehead atoms. The van der Waals surface area contributed by atoms with Crippen LogP contribution in [0.3, 0.4) is 0 Å². The maximum atomic E-state index is 13.4. The molecule has 0 spiro atoms. The Morgan fingerprint density at radius 3 is 2.21 bits per heavy atom. The molecule has 0 aliphatic heterocycles. The van der Waals surface area contributed by atoms with Gasteiger partial charge >= 0.3 is 0 Å². The number of rotatable bonds is 12. The summed E-state index contributed by atoms with van der Waals surface area (Å²) < 4.78 is 31.6. The van der Waals surface area contributed by atoms with Gasteiger partial charge in [-0.05, 0) is 62.2 Å². The zero-order valence-corrected chi connectivity index (χ0v) is 21.5. The number of halogens is 1. The standard InChI is InChI=1S/C24H32ClN3O5S/c1-5-15-26-24(30)18(3)27(16-19-7-9-20(25)10-8-19)23(29)17-28(34(4,31)32)21-11-13-22(14-12-21)33-6-2/h7-14,18H,5-6,15-17H2,1-4H3,(H,26,30). The quantitative estimate of drug-likeness (QED) is 0.472. The molecule has 186 valence electrons. The third kappa shape index (κ3) is 7.92. The van der Waals surface area contributed by atoms with Gasteiger partial charge in [0.1, 0.15) is 18.3 Å². The molecule has 0 aliphatic carbocycles. The van der Waals surface area contributed by atoms with Gasteiger partial charge in [-0.2, -0.15) is 0 Å². The highest BCUT2D eigenvalue weighted by molar-refractivity contribution is 7.92. The summed E-state index contributed by atoms with van der Waals surface area (Å²) in [6, 6.07) is 12.6. The van der Waals surface area contributed by atoms with Crippen molar-refractivity contribution in [1.29, 1.82) is 0 Å². The van der Waals surface area contributed by atoms with Gasteiger partial charge in [-0.15, -0.1) is 0 Å². The van der Waals surface area contributed by atoms with Gasteiger partial charge in [0, 0.05) is 18.1 Å². The van der Waals surface area contributed by atoms with Crippen molar-refractivity contribution in [3.63, 3.8) is 0 Å². The summed E-state index contributed by atoms with van der Waals surface area (Å²) in [4.78, 5) is 27.5. The molecule has 0 aliphatic rings. The van der Waals surface area contributed by atoms with Crippen LogP contribution < -0.4 is 14.4 Å². The molecule has 10 heteroatoms. The molecule has 2 aromatic rings. The van der Waals surface area contributed by atoms with Crippen LogP contribution in [0.15, 0.2) is 48.5 Å². The van der Waals surface area contributed by atoms with Crippen LogP contribution in [0.1, 0.15) is 32.8 Å². The second kappa shape index (κ2) is 12.6. The summed E-state index contributed by atoms with van der Waals surface area (Å²) in [5, 5.41) is 3.35. The fourth-order valence-electron chi connectivity index (χ4n) is 3.25. The highest BCUT2D eigenvalue weighted by Gasteiger charge is 2.30. The number of benzene rings is 2.